The highest BCUT2D eigenvalue weighted by Crippen LogP contribution is 2.21. The number of rotatable bonds is 4. The smallest absolute Gasteiger partial charge is 0.310 e. The number of nitrogens with zero attached hydrogens (tertiary/aromatic N) is 1. The first-order chi connectivity index (χ1) is 7.95. The van der Waals surface area contributed by atoms with E-state index in [2.05, 4.69) is 4.74 Å². The van der Waals surface area contributed by atoms with Crippen LogP contribution in [-0.4, -0.2) is 50.2 Å². The fourth-order valence-electron chi connectivity index (χ4n) is 2.08. The molecule has 1 saturated heterocycles. The lowest BCUT2D eigenvalue weighted by Crippen LogP contribution is -2.38. The third kappa shape index (κ3) is 3.70. The van der Waals surface area contributed by atoms with E-state index in [-0.39, 0.29) is 29.8 Å². The van der Waals surface area contributed by atoms with E-state index < -0.39 is 0 Å². The molecule has 17 heavy (non-hydrogen) atoms. The second-order valence-electron chi connectivity index (χ2n) is 4.72. The van der Waals surface area contributed by atoms with Crippen LogP contribution in [0.5, 0.6) is 0 Å². The number of carbonyl (C=O) groups excluding carboxylic acids is 2. The van der Waals surface area contributed by atoms with Gasteiger partial charge in [-0.2, -0.15) is 0 Å². The highest BCUT2D eigenvalue weighted by Gasteiger charge is 2.31. The summed E-state index contributed by atoms with van der Waals surface area (Å²) in [5, 5.41) is 0. The van der Waals surface area contributed by atoms with Crippen molar-refractivity contribution in [3.63, 3.8) is 0 Å². The molecule has 0 saturated carbocycles. The Morgan fingerprint density at radius 3 is 2.65 bits per heavy atom. The quantitative estimate of drug-likeness (QED) is 0.681. The predicted octanol–water partition coefficient (Wildman–Crippen LogP) is 0.679. The molecule has 1 amide bonds. The zero-order valence-corrected chi connectivity index (χ0v) is 10.9. The maximum atomic E-state index is 12.0. The normalized spacial score (nSPS) is 25.4. The van der Waals surface area contributed by atoms with Gasteiger partial charge in [-0.15, -0.1) is 0 Å². The molecule has 98 valence electrons. The molecule has 0 radical (unpaired) electrons. The SMILES string of the molecule is COC(=O)C(C)CN(C)C(=O)C1COC(C)C1. The Balaban J connectivity index is 2.44. The van der Waals surface area contributed by atoms with Gasteiger partial charge in [0.1, 0.15) is 0 Å². The standard InChI is InChI=1S/C12H21NO4/c1-8(12(15)16-4)6-13(3)11(14)10-5-9(2)17-7-10/h8-10H,5-7H2,1-4H3. The third-order valence-electron chi connectivity index (χ3n) is 3.08. The first-order valence-electron chi connectivity index (χ1n) is 5.90. The van der Waals surface area contributed by atoms with Crippen molar-refractivity contribution in [3.05, 3.63) is 0 Å². The van der Waals surface area contributed by atoms with Crippen LogP contribution in [0.1, 0.15) is 20.3 Å². The van der Waals surface area contributed by atoms with Crippen molar-refractivity contribution in [1.82, 2.24) is 4.90 Å². The number of ether oxygens (including phenoxy) is 2. The van der Waals surface area contributed by atoms with E-state index in [0.29, 0.717) is 13.2 Å². The van der Waals surface area contributed by atoms with Crippen molar-refractivity contribution in [3.8, 4) is 0 Å². The molecule has 1 heterocycles. The van der Waals surface area contributed by atoms with Gasteiger partial charge >= 0.3 is 5.97 Å². The summed E-state index contributed by atoms with van der Waals surface area (Å²) >= 11 is 0. The van der Waals surface area contributed by atoms with E-state index >= 15 is 0 Å². The second kappa shape index (κ2) is 6.00. The van der Waals surface area contributed by atoms with Gasteiger partial charge in [0.15, 0.2) is 0 Å². The van der Waals surface area contributed by atoms with E-state index in [1.807, 2.05) is 6.92 Å². The molecule has 0 aromatic rings. The Bertz CT molecular complexity index is 292. The van der Waals surface area contributed by atoms with Gasteiger partial charge in [-0.05, 0) is 13.3 Å². The minimum absolute atomic E-state index is 0.0464. The molecule has 0 aliphatic carbocycles. The largest absolute Gasteiger partial charge is 0.469 e. The fourth-order valence-corrected chi connectivity index (χ4v) is 2.08. The summed E-state index contributed by atoms with van der Waals surface area (Å²) in [6.07, 6.45) is 0.908. The average molecular weight is 243 g/mol. The number of hydrogen-bond donors (Lipinski definition) is 0. The van der Waals surface area contributed by atoms with E-state index in [0.717, 1.165) is 6.42 Å². The molecule has 5 heteroatoms. The molecule has 1 fully saturated rings. The lowest BCUT2D eigenvalue weighted by molar-refractivity contribution is -0.146. The van der Waals surface area contributed by atoms with Crippen LogP contribution in [0.2, 0.25) is 0 Å². The van der Waals surface area contributed by atoms with E-state index in [1.165, 1.54) is 7.11 Å². The van der Waals surface area contributed by atoms with Gasteiger partial charge in [0.25, 0.3) is 0 Å². The Morgan fingerprint density at radius 1 is 1.53 bits per heavy atom. The molecule has 5 nitrogen and oxygen atoms in total. The number of esters is 1. The van der Waals surface area contributed by atoms with Crippen molar-refractivity contribution in [1.29, 1.82) is 0 Å². The summed E-state index contributed by atoms with van der Waals surface area (Å²) < 4.78 is 10.0. The molecule has 0 aromatic carbocycles. The van der Waals surface area contributed by atoms with Gasteiger partial charge < -0.3 is 14.4 Å². The van der Waals surface area contributed by atoms with Gasteiger partial charge in [-0.3, -0.25) is 9.59 Å². The van der Waals surface area contributed by atoms with Crippen molar-refractivity contribution >= 4 is 11.9 Å². The first kappa shape index (κ1) is 14.0. The van der Waals surface area contributed by atoms with Crippen LogP contribution in [0.4, 0.5) is 0 Å². The van der Waals surface area contributed by atoms with Crippen molar-refractivity contribution in [2.75, 3.05) is 27.3 Å². The van der Waals surface area contributed by atoms with Crippen LogP contribution < -0.4 is 0 Å². The van der Waals surface area contributed by atoms with Crippen molar-refractivity contribution < 1.29 is 19.1 Å². The van der Waals surface area contributed by atoms with Gasteiger partial charge in [0.2, 0.25) is 5.91 Å². The number of hydrogen-bond acceptors (Lipinski definition) is 4. The molecular formula is C12H21NO4. The first-order valence-corrected chi connectivity index (χ1v) is 5.90. The van der Waals surface area contributed by atoms with Crippen molar-refractivity contribution in [2.24, 2.45) is 11.8 Å². The Kier molecular flexibility index (Phi) is 4.93. The van der Waals surface area contributed by atoms with Crippen LogP contribution in [0.3, 0.4) is 0 Å². The molecule has 3 unspecified atom stereocenters. The maximum absolute atomic E-state index is 12.0. The fraction of sp³-hybridized carbons (Fsp3) is 0.833. The average Bonchev–Trinajstić information content (AvgIpc) is 2.73. The maximum Gasteiger partial charge on any atom is 0.310 e. The zero-order chi connectivity index (χ0) is 13.0. The van der Waals surface area contributed by atoms with Crippen LogP contribution in [0.25, 0.3) is 0 Å². The third-order valence-corrected chi connectivity index (χ3v) is 3.08. The van der Waals surface area contributed by atoms with Crippen LogP contribution in [0, 0.1) is 11.8 Å². The van der Waals surface area contributed by atoms with Crippen LogP contribution in [0.15, 0.2) is 0 Å². The summed E-state index contributed by atoms with van der Waals surface area (Å²) in [6, 6.07) is 0. The number of amides is 1. The van der Waals surface area contributed by atoms with E-state index in [4.69, 9.17) is 4.74 Å². The van der Waals surface area contributed by atoms with Crippen LogP contribution >= 0.6 is 0 Å². The molecular weight excluding hydrogens is 222 g/mol. The van der Waals surface area contributed by atoms with Crippen LogP contribution in [-0.2, 0) is 19.1 Å². The summed E-state index contributed by atoms with van der Waals surface area (Å²) in [6.45, 7) is 4.58. The lowest BCUT2D eigenvalue weighted by Gasteiger charge is -2.22. The lowest BCUT2D eigenvalue weighted by atomic mass is 10.0. The Morgan fingerprint density at radius 2 is 2.18 bits per heavy atom. The van der Waals surface area contributed by atoms with Gasteiger partial charge in [0.05, 0.1) is 31.7 Å². The topological polar surface area (TPSA) is 55.8 Å². The second-order valence-corrected chi connectivity index (χ2v) is 4.72. The molecule has 0 spiro atoms. The highest BCUT2D eigenvalue weighted by molar-refractivity contribution is 5.80. The number of methoxy groups -OCH3 is 1. The summed E-state index contributed by atoms with van der Waals surface area (Å²) in [5.74, 6) is -0.612. The Labute approximate surface area is 102 Å². The molecule has 0 N–H and O–H groups in total. The van der Waals surface area contributed by atoms with Crippen molar-refractivity contribution in [2.45, 2.75) is 26.4 Å². The monoisotopic (exact) mass is 243 g/mol. The molecule has 1 aliphatic rings. The summed E-state index contributed by atoms with van der Waals surface area (Å²) in [5.41, 5.74) is 0. The van der Waals surface area contributed by atoms with Gasteiger partial charge in [0, 0.05) is 13.6 Å². The minimum Gasteiger partial charge on any atom is -0.469 e. The molecule has 1 aliphatic heterocycles. The molecule has 1 rings (SSSR count). The molecule has 0 bridgehead atoms. The minimum atomic E-state index is -0.298. The highest BCUT2D eigenvalue weighted by atomic mass is 16.5. The zero-order valence-electron chi connectivity index (χ0n) is 10.9. The summed E-state index contributed by atoms with van der Waals surface area (Å²) in [7, 11) is 3.07. The van der Waals surface area contributed by atoms with Gasteiger partial charge in [-0.1, -0.05) is 6.92 Å². The summed E-state index contributed by atoms with van der Waals surface area (Å²) in [4.78, 5) is 24.9. The molecule has 3 atom stereocenters. The predicted molar refractivity (Wildman–Crippen MR) is 62.3 cm³/mol. The number of carbonyl (C=O) groups is 2. The van der Waals surface area contributed by atoms with E-state index in [9.17, 15) is 9.59 Å². The van der Waals surface area contributed by atoms with Gasteiger partial charge in [-0.25, -0.2) is 0 Å². The molecule has 0 aromatic heterocycles. The van der Waals surface area contributed by atoms with E-state index in [1.54, 1.807) is 18.9 Å². The Hall–Kier alpha value is -1.10.